The Balaban J connectivity index is 2.92. The summed E-state index contributed by atoms with van der Waals surface area (Å²) in [5.41, 5.74) is 6.14. The molecule has 0 heterocycles. The minimum absolute atomic E-state index is 0.153. The standard InChI is InChI=1S/C15H28N2O4/c1-5-8(3)13(17-9(4)18)12-11(16)7-10(14(12)19)15(20)21-6-2/h8,10-14,19H,5-7,16H2,1-4H3,(H,17,18). The summed E-state index contributed by atoms with van der Waals surface area (Å²) in [7, 11) is 0. The molecule has 1 aliphatic rings. The van der Waals surface area contributed by atoms with Crippen LogP contribution in [0.25, 0.3) is 0 Å². The maximum absolute atomic E-state index is 11.9. The van der Waals surface area contributed by atoms with E-state index in [0.717, 1.165) is 6.42 Å². The molecule has 1 saturated carbocycles. The van der Waals surface area contributed by atoms with Crippen molar-refractivity contribution >= 4 is 11.9 Å². The van der Waals surface area contributed by atoms with Gasteiger partial charge in [-0.1, -0.05) is 20.3 Å². The predicted molar refractivity (Wildman–Crippen MR) is 79.3 cm³/mol. The van der Waals surface area contributed by atoms with Gasteiger partial charge in [-0.3, -0.25) is 9.59 Å². The number of rotatable bonds is 6. The Hall–Kier alpha value is -1.14. The second-order valence-electron chi connectivity index (χ2n) is 5.94. The van der Waals surface area contributed by atoms with Crippen LogP contribution >= 0.6 is 0 Å². The third-order valence-corrected chi connectivity index (χ3v) is 4.46. The Morgan fingerprint density at radius 1 is 1.43 bits per heavy atom. The molecule has 6 heteroatoms. The molecule has 0 spiro atoms. The lowest BCUT2D eigenvalue weighted by atomic mass is 9.83. The molecular weight excluding hydrogens is 272 g/mol. The molecule has 0 aromatic heterocycles. The maximum Gasteiger partial charge on any atom is 0.311 e. The number of aliphatic hydroxyl groups is 1. The zero-order chi connectivity index (χ0) is 16.2. The van der Waals surface area contributed by atoms with Crippen LogP contribution in [0.15, 0.2) is 0 Å². The predicted octanol–water partition coefficient (Wildman–Crippen LogP) is 0.425. The average Bonchev–Trinajstić information content (AvgIpc) is 2.71. The van der Waals surface area contributed by atoms with Gasteiger partial charge in [0.2, 0.25) is 5.91 Å². The highest BCUT2D eigenvalue weighted by atomic mass is 16.5. The summed E-state index contributed by atoms with van der Waals surface area (Å²) in [6.45, 7) is 7.50. The number of ether oxygens (including phenoxy) is 1. The molecule has 1 aliphatic carbocycles. The largest absolute Gasteiger partial charge is 0.466 e. The lowest BCUT2D eigenvalue weighted by Gasteiger charge is -2.34. The van der Waals surface area contributed by atoms with Crippen molar-refractivity contribution in [2.45, 2.75) is 58.7 Å². The quantitative estimate of drug-likeness (QED) is 0.617. The van der Waals surface area contributed by atoms with Crippen molar-refractivity contribution in [2.75, 3.05) is 6.61 Å². The van der Waals surface area contributed by atoms with Crippen LogP contribution in [0.3, 0.4) is 0 Å². The van der Waals surface area contributed by atoms with E-state index in [-0.39, 0.29) is 36.4 Å². The summed E-state index contributed by atoms with van der Waals surface area (Å²) in [6, 6.07) is -0.572. The van der Waals surface area contributed by atoms with Gasteiger partial charge >= 0.3 is 5.97 Å². The highest BCUT2D eigenvalue weighted by molar-refractivity contribution is 5.74. The first kappa shape index (κ1) is 17.9. The molecule has 0 aromatic carbocycles. The van der Waals surface area contributed by atoms with Gasteiger partial charge in [0.1, 0.15) is 0 Å². The number of esters is 1. The number of carbonyl (C=O) groups excluding carboxylic acids is 2. The average molecular weight is 300 g/mol. The van der Waals surface area contributed by atoms with E-state index in [0.29, 0.717) is 6.42 Å². The lowest BCUT2D eigenvalue weighted by Crippen LogP contribution is -2.52. The summed E-state index contributed by atoms with van der Waals surface area (Å²) < 4.78 is 5.00. The Morgan fingerprint density at radius 2 is 2.05 bits per heavy atom. The first-order valence-corrected chi connectivity index (χ1v) is 7.70. The van der Waals surface area contributed by atoms with Gasteiger partial charge < -0.3 is 20.9 Å². The third-order valence-electron chi connectivity index (χ3n) is 4.46. The van der Waals surface area contributed by atoms with E-state index < -0.39 is 18.0 Å². The Labute approximate surface area is 126 Å². The second-order valence-corrected chi connectivity index (χ2v) is 5.94. The highest BCUT2D eigenvalue weighted by Crippen LogP contribution is 2.36. The summed E-state index contributed by atoms with van der Waals surface area (Å²) >= 11 is 0. The molecule has 0 aliphatic heterocycles. The Bertz CT molecular complexity index is 375. The molecule has 6 unspecified atom stereocenters. The van der Waals surface area contributed by atoms with Gasteiger partial charge in [0, 0.05) is 24.9 Å². The number of hydrogen-bond donors (Lipinski definition) is 3. The van der Waals surface area contributed by atoms with Crippen LogP contribution in [0.5, 0.6) is 0 Å². The fourth-order valence-electron chi connectivity index (χ4n) is 3.18. The van der Waals surface area contributed by atoms with E-state index in [2.05, 4.69) is 5.32 Å². The fourth-order valence-corrected chi connectivity index (χ4v) is 3.18. The molecule has 6 nitrogen and oxygen atoms in total. The Kier molecular flexibility index (Phi) is 6.61. The van der Waals surface area contributed by atoms with Crippen molar-refractivity contribution in [3.05, 3.63) is 0 Å². The molecule has 0 bridgehead atoms. The van der Waals surface area contributed by atoms with Gasteiger partial charge in [-0.15, -0.1) is 0 Å². The van der Waals surface area contributed by atoms with Gasteiger partial charge in [0.15, 0.2) is 0 Å². The van der Waals surface area contributed by atoms with E-state index in [1.807, 2.05) is 13.8 Å². The second kappa shape index (κ2) is 7.75. The summed E-state index contributed by atoms with van der Waals surface area (Å²) in [5.74, 6) is -1.34. The molecule has 1 amide bonds. The van der Waals surface area contributed by atoms with E-state index in [4.69, 9.17) is 10.5 Å². The summed E-state index contributed by atoms with van der Waals surface area (Å²) in [6.07, 6.45) is 0.354. The van der Waals surface area contributed by atoms with Gasteiger partial charge in [-0.25, -0.2) is 0 Å². The SMILES string of the molecule is CCOC(=O)C1CC(N)C(C(NC(C)=O)C(C)CC)C1O. The van der Waals surface area contributed by atoms with E-state index in [1.54, 1.807) is 6.92 Å². The topological polar surface area (TPSA) is 102 Å². The van der Waals surface area contributed by atoms with Crippen molar-refractivity contribution in [2.24, 2.45) is 23.5 Å². The molecule has 122 valence electrons. The molecule has 0 saturated heterocycles. The zero-order valence-corrected chi connectivity index (χ0v) is 13.3. The van der Waals surface area contributed by atoms with Crippen molar-refractivity contribution in [3.63, 3.8) is 0 Å². The Morgan fingerprint density at radius 3 is 2.52 bits per heavy atom. The summed E-state index contributed by atoms with van der Waals surface area (Å²) in [5, 5.41) is 13.4. The third kappa shape index (κ3) is 4.17. The molecule has 4 N–H and O–H groups in total. The first-order chi connectivity index (χ1) is 9.83. The molecular formula is C15H28N2O4. The van der Waals surface area contributed by atoms with Crippen LogP contribution < -0.4 is 11.1 Å². The van der Waals surface area contributed by atoms with Crippen LogP contribution in [-0.4, -0.2) is 41.8 Å². The monoisotopic (exact) mass is 300 g/mol. The molecule has 1 rings (SSSR count). The normalized spacial score (nSPS) is 31.5. The van der Waals surface area contributed by atoms with E-state index in [1.165, 1.54) is 6.92 Å². The van der Waals surface area contributed by atoms with Gasteiger partial charge in [0.25, 0.3) is 0 Å². The molecule has 1 fully saturated rings. The van der Waals surface area contributed by atoms with E-state index in [9.17, 15) is 14.7 Å². The van der Waals surface area contributed by atoms with E-state index >= 15 is 0 Å². The van der Waals surface area contributed by atoms with Crippen LogP contribution in [0, 0.1) is 17.8 Å². The highest BCUT2D eigenvalue weighted by Gasteiger charge is 2.49. The van der Waals surface area contributed by atoms with Crippen molar-refractivity contribution in [3.8, 4) is 0 Å². The number of hydrogen-bond acceptors (Lipinski definition) is 5. The number of nitrogens with one attached hydrogen (secondary N) is 1. The summed E-state index contributed by atoms with van der Waals surface area (Å²) in [4.78, 5) is 23.3. The van der Waals surface area contributed by atoms with Crippen molar-refractivity contribution in [1.82, 2.24) is 5.32 Å². The zero-order valence-electron chi connectivity index (χ0n) is 13.3. The fraction of sp³-hybridized carbons (Fsp3) is 0.867. The van der Waals surface area contributed by atoms with Crippen molar-refractivity contribution < 1.29 is 19.4 Å². The van der Waals surface area contributed by atoms with Crippen molar-refractivity contribution in [1.29, 1.82) is 0 Å². The smallest absolute Gasteiger partial charge is 0.311 e. The maximum atomic E-state index is 11.9. The number of amides is 1. The minimum atomic E-state index is -0.884. The molecule has 0 aromatic rings. The number of aliphatic hydroxyl groups excluding tert-OH is 1. The van der Waals surface area contributed by atoms with Gasteiger partial charge in [-0.2, -0.15) is 0 Å². The molecule has 0 radical (unpaired) electrons. The minimum Gasteiger partial charge on any atom is -0.466 e. The van der Waals surface area contributed by atoms with Crippen LogP contribution in [0.2, 0.25) is 0 Å². The number of carbonyl (C=O) groups is 2. The van der Waals surface area contributed by atoms with Gasteiger partial charge in [-0.05, 0) is 19.3 Å². The van der Waals surface area contributed by atoms with Crippen LogP contribution in [-0.2, 0) is 14.3 Å². The van der Waals surface area contributed by atoms with Crippen LogP contribution in [0.1, 0.15) is 40.5 Å². The molecule has 6 atom stereocenters. The van der Waals surface area contributed by atoms with Gasteiger partial charge in [0.05, 0.1) is 18.6 Å². The number of nitrogens with two attached hydrogens (primary N) is 1. The molecule has 21 heavy (non-hydrogen) atoms. The first-order valence-electron chi connectivity index (χ1n) is 7.70. The lowest BCUT2D eigenvalue weighted by molar-refractivity contribution is -0.151. The van der Waals surface area contributed by atoms with Crippen LogP contribution in [0.4, 0.5) is 0 Å².